The average Bonchev–Trinajstić information content (AvgIpc) is 3.01. The van der Waals surface area contributed by atoms with Crippen LogP contribution in [0.1, 0.15) is 12.0 Å². The van der Waals surface area contributed by atoms with Gasteiger partial charge in [-0.1, -0.05) is 30.3 Å². The summed E-state index contributed by atoms with van der Waals surface area (Å²) in [5, 5.41) is 9.34. The first-order valence-corrected chi connectivity index (χ1v) is 7.96. The standard InChI is InChI=1S/C11H15NO.C7H7NO2/c13-11-6-7-12(9-11)8-10-4-2-1-3-5-10;1-2-6-7(8-3-1)10-5-4-9-6/h1-5,11,13H,6-9H2;1-3H,4-5H2/t11-;/m1./s1. The fraction of sp³-hybridized carbons (Fsp3) is 0.389. The average molecular weight is 314 g/mol. The Morgan fingerprint density at radius 1 is 1.09 bits per heavy atom. The number of aromatic nitrogens is 1. The lowest BCUT2D eigenvalue weighted by molar-refractivity contribution is 0.164. The fourth-order valence-corrected chi connectivity index (χ4v) is 2.68. The zero-order valence-electron chi connectivity index (χ0n) is 13.1. The number of hydrogen-bond acceptors (Lipinski definition) is 5. The molecule has 1 atom stereocenters. The van der Waals surface area contributed by atoms with Crippen molar-refractivity contribution in [3.8, 4) is 11.6 Å². The van der Waals surface area contributed by atoms with Crippen LogP contribution in [0.5, 0.6) is 11.6 Å². The molecule has 2 aromatic rings. The molecule has 1 N–H and O–H groups in total. The highest BCUT2D eigenvalue weighted by Crippen LogP contribution is 2.25. The summed E-state index contributed by atoms with van der Waals surface area (Å²) in [5.41, 5.74) is 1.33. The third-order valence-corrected chi connectivity index (χ3v) is 3.81. The predicted octanol–water partition coefficient (Wildman–Crippen LogP) is 2.11. The number of likely N-dealkylation sites (tertiary alicyclic amines) is 1. The van der Waals surface area contributed by atoms with E-state index in [2.05, 4.69) is 34.1 Å². The number of hydrogen-bond donors (Lipinski definition) is 1. The number of rotatable bonds is 2. The number of pyridine rings is 1. The summed E-state index contributed by atoms with van der Waals surface area (Å²) in [7, 11) is 0. The van der Waals surface area contributed by atoms with Gasteiger partial charge in [-0.25, -0.2) is 4.98 Å². The highest BCUT2D eigenvalue weighted by molar-refractivity contribution is 5.33. The van der Waals surface area contributed by atoms with Crippen LogP contribution in [0, 0.1) is 0 Å². The Kier molecular flexibility index (Phi) is 5.45. The van der Waals surface area contributed by atoms with Crippen molar-refractivity contribution in [3.63, 3.8) is 0 Å². The molecule has 5 heteroatoms. The number of aliphatic hydroxyl groups is 1. The lowest BCUT2D eigenvalue weighted by Crippen LogP contribution is -2.21. The lowest BCUT2D eigenvalue weighted by Gasteiger charge is -2.15. The van der Waals surface area contributed by atoms with E-state index in [1.54, 1.807) is 6.20 Å². The van der Waals surface area contributed by atoms with Crippen LogP contribution in [-0.2, 0) is 6.54 Å². The highest BCUT2D eigenvalue weighted by atomic mass is 16.6. The van der Waals surface area contributed by atoms with Gasteiger partial charge in [-0.15, -0.1) is 0 Å². The lowest BCUT2D eigenvalue weighted by atomic mass is 10.2. The van der Waals surface area contributed by atoms with E-state index in [4.69, 9.17) is 9.47 Å². The minimum atomic E-state index is -0.108. The van der Waals surface area contributed by atoms with E-state index < -0.39 is 0 Å². The molecule has 0 spiro atoms. The highest BCUT2D eigenvalue weighted by Gasteiger charge is 2.19. The second kappa shape index (κ2) is 7.94. The van der Waals surface area contributed by atoms with Gasteiger partial charge in [0.25, 0.3) is 5.88 Å². The molecule has 0 aliphatic carbocycles. The Labute approximate surface area is 136 Å². The molecule has 122 valence electrons. The molecular weight excluding hydrogens is 292 g/mol. The van der Waals surface area contributed by atoms with Gasteiger partial charge in [0.1, 0.15) is 13.2 Å². The van der Waals surface area contributed by atoms with Crippen LogP contribution in [0.3, 0.4) is 0 Å². The second-order valence-corrected chi connectivity index (χ2v) is 5.67. The maximum Gasteiger partial charge on any atom is 0.257 e. The van der Waals surface area contributed by atoms with Crippen molar-refractivity contribution in [2.24, 2.45) is 0 Å². The van der Waals surface area contributed by atoms with Crippen molar-refractivity contribution in [3.05, 3.63) is 54.2 Å². The topological polar surface area (TPSA) is 54.8 Å². The molecule has 2 aliphatic rings. The predicted molar refractivity (Wildman–Crippen MR) is 87.6 cm³/mol. The smallest absolute Gasteiger partial charge is 0.257 e. The molecule has 3 heterocycles. The molecule has 1 saturated heterocycles. The summed E-state index contributed by atoms with van der Waals surface area (Å²) in [5.74, 6) is 1.35. The van der Waals surface area contributed by atoms with E-state index in [0.717, 1.165) is 31.8 Å². The number of aliphatic hydroxyl groups excluding tert-OH is 1. The van der Waals surface area contributed by atoms with Gasteiger partial charge < -0.3 is 14.6 Å². The first-order chi connectivity index (χ1) is 11.3. The summed E-state index contributed by atoms with van der Waals surface area (Å²) in [6.45, 7) is 4.05. The number of ether oxygens (including phenoxy) is 2. The molecule has 0 bridgehead atoms. The summed E-state index contributed by atoms with van der Waals surface area (Å²) >= 11 is 0. The van der Waals surface area contributed by atoms with Crippen molar-refractivity contribution < 1.29 is 14.6 Å². The number of fused-ring (bicyclic) bond motifs is 1. The largest absolute Gasteiger partial charge is 0.484 e. The van der Waals surface area contributed by atoms with Gasteiger partial charge in [0.15, 0.2) is 5.75 Å². The number of β-amino-alcohol motifs (C(OH)–C–C–N with tert-alkyl or cyclic N) is 1. The van der Waals surface area contributed by atoms with Crippen LogP contribution in [0.4, 0.5) is 0 Å². The Bertz CT molecular complexity index is 581. The number of benzene rings is 1. The monoisotopic (exact) mass is 314 g/mol. The van der Waals surface area contributed by atoms with Gasteiger partial charge in [-0.2, -0.15) is 0 Å². The third-order valence-electron chi connectivity index (χ3n) is 3.81. The summed E-state index contributed by atoms with van der Waals surface area (Å²) in [6.07, 6.45) is 2.50. The Morgan fingerprint density at radius 2 is 1.91 bits per heavy atom. The van der Waals surface area contributed by atoms with Gasteiger partial charge in [-0.05, 0) is 24.1 Å². The van der Waals surface area contributed by atoms with E-state index in [-0.39, 0.29) is 6.10 Å². The van der Waals surface area contributed by atoms with Gasteiger partial charge in [0.2, 0.25) is 0 Å². The van der Waals surface area contributed by atoms with Crippen LogP contribution in [0.15, 0.2) is 48.7 Å². The second-order valence-electron chi connectivity index (χ2n) is 5.67. The van der Waals surface area contributed by atoms with Crippen LogP contribution in [0.2, 0.25) is 0 Å². The molecule has 23 heavy (non-hydrogen) atoms. The zero-order chi connectivity index (χ0) is 15.9. The minimum absolute atomic E-state index is 0.108. The van der Waals surface area contributed by atoms with Crippen molar-refractivity contribution in [2.45, 2.75) is 19.1 Å². The molecule has 0 amide bonds. The van der Waals surface area contributed by atoms with Crippen LogP contribution < -0.4 is 9.47 Å². The first-order valence-electron chi connectivity index (χ1n) is 7.96. The van der Waals surface area contributed by atoms with E-state index in [1.165, 1.54) is 5.56 Å². The minimum Gasteiger partial charge on any atom is -0.484 e. The molecule has 4 rings (SSSR count). The molecule has 2 aliphatic heterocycles. The Morgan fingerprint density at radius 3 is 2.65 bits per heavy atom. The van der Waals surface area contributed by atoms with Crippen LogP contribution in [0.25, 0.3) is 0 Å². The Balaban J connectivity index is 0.000000140. The maximum atomic E-state index is 9.34. The van der Waals surface area contributed by atoms with E-state index >= 15 is 0 Å². The summed E-state index contributed by atoms with van der Waals surface area (Å²) in [4.78, 5) is 6.26. The molecule has 0 unspecified atom stereocenters. The molecule has 0 saturated carbocycles. The van der Waals surface area contributed by atoms with Gasteiger partial charge in [-0.3, -0.25) is 4.90 Å². The van der Waals surface area contributed by atoms with Crippen molar-refractivity contribution in [1.82, 2.24) is 9.88 Å². The van der Waals surface area contributed by atoms with Crippen molar-refractivity contribution >= 4 is 0 Å². The molecule has 1 aromatic carbocycles. The normalized spacial score (nSPS) is 19.8. The van der Waals surface area contributed by atoms with Crippen molar-refractivity contribution in [1.29, 1.82) is 0 Å². The summed E-state index contributed by atoms with van der Waals surface area (Å²) in [6, 6.07) is 14.1. The molecule has 5 nitrogen and oxygen atoms in total. The maximum absolute atomic E-state index is 9.34. The molecule has 1 aromatic heterocycles. The fourth-order valence-electron chi connectivity index (χ4n) is 2.68. The summed E-state index contributed by atoms with van der Waals surface area (Å²) < 4.78 is 10.4. The van der Waals surface area contributed by atoms with Gasteiger partial charge in [0, 0.05) is 25.8 Å². The molecule has 0 radical (unpaired) electrons. The first kappa shape index (κ1) is 15.8. The van der Waals surface area contributed by atoms with E-state index in [1.807, 2.05) is 18.2 Å². The Hall–Kier alpha value is -2.11. The molecular formula is C18H22N2O3. The SMILES string of the molecule is O[C@@H]1CCN(Cc2ccccc2)C1.c1cnc2c(c1)OCCO2. The number of nitrogens with zero attached hydrogens (tertiary/aromatic N) is 2. The van der Waals surface area contributed by atoms with Gasteiger partial charge >= 0.3 is 0 Å². The van der Waals surface area contributed by atoms with E-state index in [9.17, 15) is 5.11 Å². The van der Waals surface area contributed by atoms with E-state index in [0.29, 0.717) is 19.1 Å². The third kappa shape index (κ3) is 4.68. The van der Waals surface area contributed by atoms with Gasteiger partial charge in [0.05, 0.1) is 6.10 Å². The van der Waals surface area contributed by atoms with Crippen LogP contribution >= 0.6 is 0 Å². The quantitative estimate of drug-likeness (QED) is 0.920. The molecule has 1 fully saturated rings. The van der Waals surface area contributed by atoms with Crippen LogP contribution in [-0.4, -0.2) is 47.4 Å². The zero-order valence-corrected chi connectivity index (χ0v) is 13.1. The van der Waals surface area contributed by atoms with Crippen molar-refractivity contribution in [2.75, 3.05) is 26.3 Å².